The maximum atomic E-state index is 13.0. The minimum Gasteiger partial charge on any atom is -0.368 e. The van der Waals surface area contributed by atoms with Gasteiger partial charge in [0.2, 0.25) is 0 Å². The lowest BCUT2D eigenvalue weighted by Crippen LogP contribution is -2.42. The molecule has 25 heavy (non-hydrogen) atoms. The minimum atomic E-state index is -0.233. The molecule has 2 aromatic rings. The summed E-state index contributed by atoms with van der Waals surface area (Å²) in [7, 11) is 3.90. The van der Waals surface area contributed by atoms with Gasteiger partial charge in [0.25, 0.3) is 5.91 Å². The summed E-state index contributed by atoms with van der Waals surface area (Å²) in [6.45, 7) is 5.25. The second-order valence-electron chi connectivity index (χ2n) is 6.34. The van der Waals surface area contributed by atoms with E-state index in [9.17, 15) is 4.79 Å². The van der Waals surface area contributed by atoms with Gasteiger partial charge in [0.1, 0.15) is 23.2 Å². The van der Waals surface area contributed by atoms with Gasteiger partial charge < -0.3 is 19.1 Å². The Bertz CT molecular complexity index is 757. The SMILES string of the molecule is CCc1noc(C)c1C(=O)N1CCO[C@@H](c2cccc(N(C)C)n2)C1. The molecule has 3 heterocycles. The van der Waals surface area contributed by atoms with Crippen molar-refractivity contribution >= 4 is 11.7 Å². The first-order valence-electron chi connectivity index (χ1n) is 8.51. The van der Waals surface area contributed by atoms with Crippen LogP contribution in [-0.4, -0.2) is 54.7 Å². The van der Waals surface area contributed by atoms with Crippen molar-refractivity contribution in [1.82, 2.24) is 15.0 Å². The van der Waals surface area contributed by atoms with Gasteiger partial charge in [-0.05, 0) is 25.5 Å². The molecule has 0 saturated carbocycles. The molecule has 0 spiro atoms. The Kier molecular flexibility index (Phi) is 5.03. The van der Waals surface area contributed by atoms with Crippen LogP contribution >= 0.6 is 0 Å². The molecule has 1 amide bonds. The lowest BCUT2D eigenvalue weighted by atomic mass is 10.1. The fraction of sp³-hybridized carbons (Fsp3) is 0.500. The summed E-state index contributed by atoms with van der Waals surface area (Å²) in [6, 6.07) is 5.85. The summed E-state index contributed by atoms with van der Waals surface area (Å²) in [5.41, 5.74) is 2.12. The molecule has 1 fully saturated rings. The van der Waals surface area contributed by atoms with E-state index in [1.165, 1.54) is 0 Å². The molecule has 1 atom stereocenters. The van der Waals surface area contributed by atoms with Crippen LogP contribution in [0.5, 0.6) is 0 Å². The largest absolute Gasteiger partial charge is 0.368 e. The first-order chi connectivity index (χ1) is 12.0. The normalized spacial score (nSPS) is 17.6. The topological polar surface area (TPSA) is 71.7 Å². The highest BCUT2D eigenvalue weighted by Gasteiger charge is 2.30. The third-order valence-corrected chi connectivity index (χ3v) is 4.38. The number of amides is 1. The minimum absolute atomic E-state index is 0.0485. The van der Waals surface area contributed by atoms with E-state index in [0.29, 0.717) is 43.1 Å². The van der Waals surface area contributed by atoms with Gasteiger partial charge in [0.05, 0.1) is 24.5 Å². The predicted molar refractivity (Wildman–Crippen MR) is 93.8 cm³/mol. The standard InChI is InChI=1S/C18H24N4O3/c1-5-13-17(12(2)25-20-13)18(23)22-9-10-24-15(11-22)14-7-6-8-16(19-14)21(3)4/h6-8,15H,5,9-11H2,1-4H3/t15-/m1/s1. The van der Waals surface area contributed by atoms with Gasteiger partial charge in [-0.25, -0.2) is 4.98 Å². The Morgan fingerprint density at radius 3 is 2.92 bits per heavy atom. The fourth-order valence-electron chi connectivity index (χ4n) is 2.97. The van der Waals surface area contributed by atoms with Crippen LogP contribution in [0, 0.1) is 6.92 Å². The Morgan fingerprint density at radius 2 is 2.20 bits per heavy atom. The van der Waals surface area contributed by atoms with Crippen LogP contribution in [0.4, 0.5) is 5.82 Å². The number of anilines is 1. The molecule has 2 aromatic heterocycles. The molecule has 7 heteroatoms. The summed E-state index contributed by atoms with van der Waals surface area (Å²) < 4.78 is 11.1. The van der Waals surface area contributed by atoms with Crippen molar-refractivity contribution in [2.45, 2.75) is 26.4 Å². The molecule has 0 bridgehead atoms. The average Bonchev–Trinajstić information content (AvgIpc) is 3.02. The van der Waals surface area contributed by atoms with E-state index >= 15 is 0 Å². The smallest absolute Gasteiger partial charge is 0.259 e. The zero-order chi connectivity index (χ0) is 18.0. The number of carbonyl (C=O) groups is 1. The van der Waals surface area contributed by atoms with E-state index in [4.69, 9.17) is 9.26 Å². The van der Waals surface area contributed by atoms with Crippen molar-refractivity contribution < 1.29 is 14.1 Å². The molecule has 1 aliphatic heterocycles. The Morgan fingerprint density at radius 1 is 1.40 bits per heavy atom. The molecule has 0 radical (unpaired) electrons. The number of rotatable bonds is 4. The van der Waals surface area contributed by atoms with E-state index in [0.717, 1.165) is 11.5 Å². The van der Waals surface area contributed by atoms with Crippen LogP contribution in [0.25, 0.3) is 0 Å². The van der Waals surface area contributed by atoms with Crippen LogP contribution in [0.3, 0.4) is 0 Å². The Balaban J connectivity index is 1.80. The quantitative estimate of drug-likeness (QED) is 0.847. The van der Waals surface area contributed by atoms with Gasteiger partial charge in [-0.1, -0.05) is 18.1 Å². The summed E-state index contributed by atoms with van der Waals surface area (Å²) in [5.74, 6) is 1.39. The summed E-state index contributed by atoms with van der Waals surface area (Å²) in [6.07, 6.45) is 0.432. The lowest BCUT2D eigenvalue weighted by Gasteiger charge is -2.33. The van der Waals surface area contributed by atoms with Crippen LogP contribution < -0.4 is 4.90 Å². The average molecular weight is 344 g/mol. The van der Waals surface area contributed by atoms with Crippen LogP contribution in [0.1, 0.15) is 40.5 Å². The van der Waals surface area contributed by atoms with Gasteiger partial charge in [0.15, 0.2) is 0 Å². The molecule has 0 N–H and O–H groups in total. The van der Waals surface area contributed by atoms with Gasteiger partial charge in [-0.2, -0.15) is 0 Å². The number of aromatic nitrogens is 2. The summed E-state index contributed by atoms with van der Waals surface area (Å²) in [4.78, 5) is 21.3. The van der Waals surface area contributed by atoms with Gasteiger partial charge in [-0.3, -0.25) is 4.79 Å². The highest BCUT2D eigenvalue weighted by atomic mass is 16.5. The predicted octanol–water partition coefficient (Wildman–Crippen LogP) is 2.22. The van der Waals surface area contributed by atoms with Crippen molar-refractivity contribution in [2.24, 2.45) is 0 Å². The third kappa shape index (κ3) is 3.51. The van der Waals surface area contributed by atoms with Crippen molar-refractivity contribution in [3.05, 3.63) is 40.9 Å². The second-order valence-corrected chi connectivity index (χ2v) is 6.34. The number of hydrogen-bond donors (Lipinski definition) is 0. The number of aryl methyl sites for hydroxylation is 2. The molecular formula is C18H24N4O3. The molecule has 0 unspecified atom stereocenters. The second kappa shape index (κ2) is 7.23. The number of ether oxygens (including phenoxy) is 1. The monoisotopic (exact) mass is 344 g/mol. The van der Waals surface area contributed by atoms with Crippen molar-refractivity contribution in [2.75, 3.05) is 38.7 Å². The van der Waals surface area contributed by atoms with Crippen LogP contribution in [0.15, 0.2) is 22.7 Å². The highest BCUT2D eigenvalue weighted by molar-refractivity contribution is 5.96. The molecule has 0 aliphatic carbocycles. The molecule has 134 valence electrons. The zero-order valence-corrected chi connectivity index (χ0v) is 15.2. The zero-order valence-electron chi connectivity index (χ0n) is 15.2. The maximum absolute atomic E-state index is 13.0. The molecule has 1 saturated heterocycles. The maximum Gasteiger partial charge on any atom is 0.259 e. The van der Waals surface area contributed by atoms with E-state index in [2.05, 4.69) is 10.1 Å². The molecular weight excluding hydrogens is 320 g/mol. The first-order valence-corrected chi connectivity index (χ1v) is 8.51. The number of hydrogen-bond acceptors (Lipinski definition) is 6. The number of pyridine rings is 1. The van der Waals surface area contributed by atoms with Gasteiger partial charge in [-0.15, -0.1) is 0 Å². The van der Waals surface area contributed by atoms with Crippen molar-refractivity contribution in [1.29, 1.82) is 0 Å². The van der Waals surface area contributed by atoms with E-state index in [1.54, 1.807) is 11.8 Å². The fourth-order valence-corrected chi connectivity index (χ4v) is 2.97. The van der Waals surface area contributed by atoms with Gasteiger partial charge >= 0.3 is 0 Å². The Labute approximate surface area is 147 Å². The van der Waals surface area contributed by atoms with E-state index < -0.39 is 0 Å². The molecule has 7 nitrogen and oxygen atoms in total. The van der Waals surface area contributed by atoms with Crippen molar-refractivity contribution in [3.8, 4) is 0 Å². The van der Waals surface area contributed by atoms with E-state index in [1.807, 2.05) is 44.1 Å². The highest BCUT2D eigenvalue weighted by Crippen LogP contribution is 2.25. The Hall–Kier alpha value is -2.41. The molecule has 0 aromatic carbocycles. The number of nitrogens with zero attached hydrogens (tertiary/aromatic N) is 4. The third-order valence-electron chi connectivity index (χ3n) is 4.38. The molecule has 1 aliphatic rings. The van der Waals surface area contributed by atoms with E-state index in [-0.39, 0.29) is 12.0 Å². The van der Waals surface area contributed by atoms with Gasteiger partial charge in [0, 0.05) is 20.6 Å². The number of carbonyl (C=O) groups excluding carboxylic acids is 1. The molecule has 3 rings (SSSR count). The number of morpholine rings is 1. The van der Waals surface area contributed by atoms with Crippen molar-refractivity contribution in [3.63, 3.8) is 0 Å². The lowest BCUT2D eigenvalue weighted by molar-refractivity contribution is -0.0247. The summed E-state index contributed by atoms with van der Waals surface area (Å²) in [5, 5.41) is 3.99. The first kappa shape index (κ1) is 17.4. The van der Waals surface area contributed by atoms with Crippen LogP contribution in [-0.2, 0) is 11.2 Å². The summed E-state index contributed by atoms with van der Waals surface area (Å²) >= 11 is 0. The van der Waals surface area contributed by atoms with Crippen LogP contribution in [0.2, 0.25) is 0 Å².